The predicted molar refractivity (Wildman–Crippen MR) is 97.9 cm³/mol. The molecule has 0 aliphatic rings. The highest BCUT2D eigenvalue weighted by Gasteiger charge is 2.06. The molecule has 0 atom stereocenters. The summed E-state index contributed by atoms with van der Waals surface area (Å²) in [6.07, 6.45) is 1.51. The van der Waals surface area contributed by atoms with Crippen molar-refractivity contribution in [2.75, 3.05) is 7.11 Å². The SMILES string of the molecule is COc1ccc(C=NNC(=O)CCC(=O)NCc2ccccc2)cc1O. The first-order valence-corrected chi connectivity index (χ1v) is 8.08. The molecule has 2 amide bonds. The molecule has 26 heavy (non-hydrogen) atoms. The molecule has 0 aliphatic carbocycles. The number of nitrogens with one attached hydrogen (secondary N) is 2. The molecular formula is C19H21N3O4. The monoisotopic (exact) mass is 355 g/mol. The van der Waals surface area contributed by atoms with Crippen LogP contribution >= 0.6 is 0 Å². The molecule has 2 rings (SSSR count). The Morgan fingerprint density at radius 3 is 2.54 bits per heavy atom. The number of amides is 2. The van der Waals surface area contributed by atoms with E-state index in [-0.39, 0.29) is 30.4 Å². The summed E-state index contributed by atoms with van der Waals surface area (Å²) in [5.41, 5.74) is 3.94. The van der Waals surface area contributed by atoms with Gasteiger partial charge in [0.25, 0.3) is 0 Å². The number of aromatic hydroxyl groups is 1. The van der Waals surface area contributed by atoms with Gasteiger partial charge in [0.1, 0.15) is 0 Å². The Hall–Kier alpha value is -3.35. The third-order valence-corrected chi connectivity index (χ3v) is 3.52. The van der Waals surface area contributed by atoms with Crippen molar-refractivity contribution in [1.82, 2.24) is 10.7 Å². The maximum absolute atomic E-state index is 11.7. The molecular weight excluding hydrogens is 334 g/mol. The highest BCUT2D eigenvalue weighted by molar-refractivity contribution is 5.85. The third-order valence-electron chi connectivity index (χ3n) is 3.52. The zero-order valence-electron chi connectivity index (χ0n) is 14.4. The number of methoxy groups -OCH3 is 1. The summed E-state index contributed by atoms with van der Waals surface area (Å²) in [5.74, 6) is -0.229. The third kappa shape index (κ3) is 6.27. The van der Waals surface area contributed by atoms with E-state index in [1.807, 2.05) is 30.3 Å². The fourth-order valence-corrected chi connectivity index (χ4v) is 2.13. The van der Waals surface area contributed by atoms with Crippen molar-refractivity contribution in [1.29, 1.82) is 0 Å². The van der Waals surface area contributed by atoms with Gasteiger partial charge < -0.3 is 15.2 Å². The number of phenolic OH excluding ortho intramolecular Hbond substituents is 1. The second-order valence-electron chi connectivity index (χ2n) is 5.49. The van der Waals surface area contributed by atoms with Crippen LogP contribution in [0.25, 0.3) is 0 Å². The van der Waals surface area contributed by atoms with Crippen molar-refractivity contribution in [2.24, 2.45) is 5.10 Å². The molecule has 0 fully saturated rings. The number of hydrogen-bond acceptors (Lipinski definition) is 5. The van der Waals surface area contributed by atoms with E-state index in [1.165, 1.54) is 19.4 Å². The Kier molecular flexibility index (Phi) is 7.17. The van der Waals surface area contributed by atoms with E-state index >= 15 is 0 Å². The van der Waals surface area contributed by atoms with Gasteiger partial charge in [-0.25, -0.2) is 5.43 Å². The largest absolute Gasteiger partial charge is 0.504 e. The summed E-state index contributed by atoms with van der Waals surface area (Å²) >= 11 is 0. The number of hydrogen-bond donors (Lipinski definition) is 3. The lowest BCUT2D eigenvalue weighted by Gasteiger charge is -2.05. The number of benzene rings is 2. The van der Waals surface area contributed by atoms with Crippen LogP contribution in [0, 0.1) is 0 Å². The number of nitrogens with zero attached hydrogens (tertiary/aromatic N) is 1. The minimum absolute atomic E-state index is 0.0159. The molecule has 0 saturated carbocycles. The van der Waals surface area contributed by atoms with Crippen LogP contribution in [0.5, 0.6) is 11.5 Å². The van der Waals surface area contributed by atoms with Crippen LogP contribution < -0.4 is 15.5 Å². The molecule has 0 spiro atoms. The molecule has 7 heteroatoms. The summed E-state index contributed by atoms with van der Waals surface area (Å²) in [6, 6.07) is 14.3. The number of phenols is 1. The van der Waals surface area contributed by atoms with Crippen LogP contribution in [-0.2, 0) is 16.1 Å². The number of carbonyl (C=O) groups is 2. The van der Waals surface area contributed by atoms with Crippen LogP contribution in [0.15, 0.2) is 53.6 Å². The Balaban J connectivity index is 1.69. The Morgan fingerprint density at radius 1 is 1.12 bits per heavy atom. The van der Waals surface area contributed by atoms with Gasteiger partial charge in [-0.15, -0.1) is 0 Å². The van der Waals surface area contributed by atoms with Crippen molar-refractivity contribution < 1.29 is 19.4 Å². The molecule has 0 aromatic heterocycles. The number of rotatable bonds is 8. The van der Waals surface area contributed by atoms with Crippen LogP contribution in [0.3, 0.4) is 0 Å². The molecule has 2 aromatic rings. The first-order chi connectivity index (χ1) is 12.6. The van der Waals surface area contributed by atoms with Crippen molar-refractivity contribution in [3.63, 3.8) is 0 Å². The van der Waals surface area contributed by atoms with Gasteiger partial charge in [0.15, 0.2) is 11.5 Å². The molecule has 0 saturated heterocycles. The molecule has 3 N–H and O–H groups in total. The van der Waals surface area contributed by atoms with Gasteiger partial charge in [-0.3, -0.25) is 9.59 Å². The van der Waals surface area contributed by atoms with Crippen molar-refractivity contribution >= 4 is 18.0 Å². The Morgan fingerprint density at radius 2 is 1.85 bits per heavy atom. The first kappa shape index (κ1) is 19.0. The van der Waals surface area contributed by atoms with Crippen LogP contribution in [0.1, 0.15) is 24.0 Å². The molecule has 0 unspecified atom stereocenters. The maximum Gasteiger partial charge on any atom is 0.240 e. The molecule has 0 radical (unpaired) electrons. The average Bonchev–Trinajstić information content (AvgIpc) is 2.65. The van der Waals surface area contributed by atoms with E-state index in [0.717, 1.165) is 5.56 Å². The van der Waals surface area contributed by atoms with Gasteiger partial charge in [-0.05, 0) is 29.3 Å². The highest BCUT2D eigenvalue weighted by atomic mass is 16.5. The molecule has 7 nitrogen and oxygen atoms in total. The van der Waals surface area contributed by atoms with Crippen molar-refractivity contribution in [2.45, 2.75) is 19.4 Å². The lowest BCUT2D eigenvalue weighted by Crippen LogP contribution is -2.25. The van der Waals surface area contributed by atoms with Crippen LogP contribution in [-0.4, -0.2) is 30.2 Å². The van der Waals surface area contributed by atoms with E-state index in [0.29, 0.717) is 17.9 Å². The topological polar surface area (TPSA) is 100 Å². The van der Waals surface area contributed by atoms with Gasteiger partial charge in [0.2, 0.25) is 11.8 Å². The van der Waals surface area contributed by atoms with E-state index in [1.54, 1.807) is 12.1 Å². The quantitative estimate of drug-likeness (QED) is 0.498. The molecule has 0 bridgehead atoms. The molecule has 0 heterocycles. The predicted octanol–water partition coefficient (Wildman–Crippen LogP) is 1.95. The van der Waals surface area contributed by atoms with Crippen molar-refractivity contribution in [3.8, 4) is 11.5 Å². The summed E-state index contributed by atoms with van der Waals surface area (Å²) in [5, 5.41) is 16.2. The summed E-state index contributed by atoms with van der Waals surface area (Å²) in [6.45, 7) is 0.431. The normalized spacial score (nSPS) is 10.5. The number of hydrazone groups is 1. The van der Waals surface area contributed by atoms with Gasteiger partial charge in [-0.1, -0.05) is 30.3 Å². The fourth-order valence-electron chi connectivity index (χ4n) is 2.13. The first-order valence-electron chi connectivity index (χ1n) is 8.08. The zero-order valence-corrected chi connectivity index (χ0v) is 14.4. The Labute approximate surface area is 151 Å². The van der Waals surface area contributed by atoms with E-state index in [4.69, 9.17) is 4.74 Å². The lowest BCUT2D eigenvalue weighted by molar-refractivity contribution is -0.126. The standard InChI is InChI=1S/C19H21N3O4/c1-26-17-8-7-15(11-16(17)23)13-21-22-19(25)10-9-18(24)20-12-14-5-3-2-4-6-14/h2-8,11,13,23H,9-10,12H2,1H3,(H,20,24)(H,22,25). The minimum Gasteiger partial charge on any atom is -0.504 e. The van der Waals surface area contributed by atoms with Crippen molar-refractivity contribution in [3.05, 3.63) is 59.7 Å². The second-order valence-corrected chi connectivity index (χ2v) is 5.49. The van der Waals surface area contributed by atoms with E-state index in [9.17, 15) is 14.7 Å². The highest BCUT2D eigenvalue weighted by Crippen LogP contribution is 2.25. The smallest absolute Gasteiger partial charge is 0.240 e. The summed E-state index contributed by atoms with van der Waals surface area (Å²) in [4.78, 5) is 23.4. The minimum atomic E-state index is -0.367. The molecule has 2 aromatic carbocycles. The van der Waals surface area contributed by atoms with E-state index < -0.39 is 0 Å². The summed E-state index contributed by atoms with van der Waals surface area (Å²) < 4.78 is 4.94. The Bertz CT molecular complexity index is 776. The molecule has 0 aliphatic heterocycles. The van der Waals surface area contributed by atoms with Crippen LogP contribution in [0.4, 0.5) is 0 Å². The van der Waals surface area contributed by atoms with Gasteiger partial charge >= 0.3 is 0 Å². The van der Waals surface area contributed by atoms with Gasteiger partial charge in [-0.2, -0.15) is 5.10 Å². The fraction of sp³-hybridized carbons (Fsp3) is 0.211. The lowest BCUT2D eigenvalue weighted by atomic mass is 10.2. The number of ether oxygens (including phenoxy) is 1. The van der Waals surface area contributed by atoms with Gasteiger partial charge in [0.05, 0.1) is 13.3 Å². The average molecular weight is 355 g/mol. The number of carbonyl (C=O) groups excluding carboxylic acids is 2. The summed E-state index contributed by atoms with van der Waals surface area (Å²) in [7, 11) is 1.46. The van der Waals surface area contributed by atoms with Gasteiger partial charge in [0, 0.05) is 19.4 Å². The second kappa shape index (κ2) is 9.83. The maximum atomic E-state index is 11.7. The zero-order chi connectivity index (χ0) is 18.8. The van der Waals surface area contributed by atoms with Crippen LogP contribution in [0.2, 0.25) is 0 Å². The molecule has 136 valence electrons. The van der Waals surface area contributed by atoms with E-state index in [2.05, 4.69) is 15.8 Å².